The molecule has 1 N–H and O–H groups in total. The van der Waals surface area contributed by atoms with Crippen LogP contribution >= 0.6 is 0 Å². The topological polar surface area (TPSA) is 12.0 Å². The summed E-state index contributed by atoms with van der Waals surface area (Å²) in [6.45, 7) is 6.89. The van der Waals surface area contributed by atoms with E-state index in [1.165, 1.54) is 36.8 Å². The summed E-state index contributed by atoms with van der Waals surface area (Å²) in [4.78, 5) is 0. The maximum atomic E-state index is 3.80. The highest BCUT2D eigenvalue weighted by molar-refractivity contribution is 5.26. The molecule has 0 saturated heterocycles. The fourth-order valence-electron chi connectivity index (χ4n) is 3.27. The van der Waals surface area contributed by atoms with E-state index in [1.54, 1.807) is 0 Å². The minimum Gasteiger partial charge on any atom is -0.311 e. The van der Waals surface area contributed by atoms with Gasteiger partial charge in [0, 0.05) is 12.1 Å². The van der Waals surface area contributed by atoms with Crippen molar-refractivity contribution in [2.75, 3.05) is 0 Å². The lowest BCUT2D eigenvalue weighted by molar-refractivity contribution is 0.348. The molecule has 1 aromatic carbocycles. The van der Waals surface area contributed by atoms with E-state index >= 15 is 0 Å². The van der Waals surface area contributed by atoms with Crippen molar-refractivity contribution < 1.29 is 0 Å². The molecule has 1 aliphatic carbocycles. The molecule has 0 amide bonds. The number of aryl methyl sites for hydroxylation is 1. The molecule has 2 unspecified atom stereocenters. The average Bonchev–Trinajstić information content (AvgIpc) is 2.85. The van der Waals surface area contributed by atoms with Gasteiger partial charge in [0.1, 0.15) is 0 Å². The minimum atomic E-state index is 0.571. The Morgan fingerprint density at radius 1 is 1.17 bits per heavy atom. The van der Waals surface area contributed by atoms with Gasteiger partial charge in [-0.25, -0.2) is 0 Å². The third kappa shape index (κ3) is 3.58. The van der Waals surface area contributed by atoms with Crippen molar-refractivity contribution >= 4 is 0 Å². The van der Waals surface area contributed by atoms with Crippen LogP contribution in [0.4, 0.5) is 0 Å². The Labute approximate surface area is 112 Å². The first-order valence-electron chi connectivity index (χ1n) is 7.47. The van der Waals surface area contributed by atoms with Crippen LogP contribution in [-0.4, -0.2) is 12.1 Å². The molecule has 1 saturated carbocycles. The standard InChI is InChI=1S/C17H27N/c1-13-8-4-5-11-17(13)12-14(2)18-15(3)16-9-6-7-10-16/h4-5,8,11,14-16,18H,6-7,9-10,12H2,1-3H3. The van der Waals surface area contributed by atoms with Crippen LogP contribution in [0.5, 0.6) is 0 Å². The summed E-state index contributed by atoms with van der Waals surface area (Å²) in [7, 11) is 0. The molecule has 1 heteroatoms. The van der Waals surface area contributed by atoms with Crippen LogP contribution in [0.25, 0.3) is 0 Å². The first-order valence-corrected chi connectivity index (χ1v) is 7.47. The summed E-state index contributed by atoms with van der Waals surface area (Å²) in [5.41, 5.74) is 2.90. The fraction of sp³-hybridized carbons (Fsp3) is 0.647. The first kappa shape index (κ1) is 13.6. The molecular formula is C17H27N. The molecule has 0 spiro atoms. The summed E-state index contributed by atoms with van der Waals surface area (Å²) in [5.74, 6) is 0.907. The molecule has 1 aliphatic rings. The van der Waals surface area contributed by atoms with E-state index in [0.717, 1.165) is 12.3 Å². The van der Waals surface area contributed by atoms with Crippen LogP contribution in [0.2, 0.25) is 0 Å². The van der Waals surface area contributed by atoms with Crippen molar-refractivity contribution in [2.24, 2.45) is 5.92 Å². The van der Waals surface area contributed by atoms with Gasteiger partial charge >= 0.3 is 0 Å². The third-order valence-corrected chi connectivity index (χ3v) is 4.44. The summed E-state index contributed by atoms with van der Waals surface area (Å²) in [6, 6.07) is 9.98. The monoisotopic (exact) mass is 245 g/mol. The molecule has 1 aromatic rings. The van der Waals surface area contributed by atoms with Gasteiger partial charge in [0.15, 0.2) is 0 Å². The van der Waals surface area contributed by atoms with E-state index in [0.29, 0.717) is 12.1 Å². The van der Waals surface area contributed by atoms with Gasteiger partial charge in [-0.3, -0.25) is 0 Å². The van der Waals surface area contributed by atoms with Crippen molar-refractivity contribution in [1.82, 2.24) is 5.32 Å². The quantitative estimate of drug-likeness (QED) is 0.823. The molecule has 0 heterocycles. The molecule has 18 heavy (non-hydrogen) atoms. The summed E-state index contributed by atoms with van der Waals surface area (Å²) < 4.78 is 0. The van der Waals surface area contributed by atoms with Gasteiger partial charge in [-0.15, -0.1) is 0 Å². The largest absolute Gasteiger partial charge is 0.311 e. The van der Waals surface area contributed by atoms with Gasteiger partial charge in [-0.1, -0.05) is 37.1 Å². The highest BCUT2D eigenvalue weighted by atomic mass is 14.9. The van der Waals surface area contributed by atoms with Crippen LogP contribution < -0.4 is 5.32 Å². The SMILES string of the molecule is Cc1ccccc1CC(C)NC(C)C1CCCC1. The Balaban J connectivity index is 1.84. The second-order valence-electron chi connectivity index (χ2n) is 6.03. The fourth-order valence-corrected chi connectivity index (χ4v) is 3.27. The van der Waals surface area contributed by atoms with E-state index < -0.39 is 0 Å². The zero-order valence-corrected chi connectivity index (χ0v) is 12.1. The normalized spacial score (nSPS) is 19.9. The van der Waals surface area contributed by atoms with E-state index in [9.17, 15) is 0 Å². The lowest BCUT2D eigenvalue weighted by Gasteiger charge is -2.25. The van der Waals surface area contributed by atoms with Crippen LogP contribution in [0, 0.1) is 12.8 Å². The molecule has 0 aromatic heterocycles. The summed E-state index contributed by atoms with van der Waals surface area (Å²) in [6.07, 6.45) is 6.85. The Morgan fingerprint density at radius 2 is 1.83 bits per heavy atom. The number of nitrogens with one attached hydrogen (secondary N) is 1. The predicted octanol–water partition coefficient (Wildman–Crippen LogP) is 4.09. The highest BCUT2D eigenvalue weighted by Gasteiger charge is 2.22. The lowest BCUT2D eigenvalue weighted by Crippen LogP contribution is -2.39. The zero-order valence-electron chi connectivity index (χ0n) is 12.1. The number of benzene rings is 1. The van der Waals surface area contributed by atoms with Gasteiger partial charge in [-0.2, -0.15) is 0 Å². The van der Waals surface area contributed by atoms with Gasteiger partial charge in [0.25, 0.3) is 0 Å². The molecule has 0 aliphatic heterocycles. The Morgan fingerprint density at radius 3 is 2.50 bits per heavy atom. The van der Waals surface area contributed by atoms with E-state index in [1.807, 2.05) is 0 Å². The molecular weight excluding hydrogens is 218 g/mol. The van der Waals surface area contributed by atoms with Gasteiger partial charge in [0.2, 0.25) is 0 Å². The van der Waals surface area contributed by atoms with Crippen molar-refractivity contribution in [2.45, 2.75) is 65.0 Å². The highest BCUT2D eigenvalue weighted by Crippen LogP contribution is 2.27. The van der Waals surface area contributed by atoms with Crippen molar-refractivity contribution in [3.8, 4) is 0 Å². The third-order valence-electron chi connectivity index (χ3n) is 4.44. The Bertz CT molecular complexity index is 366. The number of hydrogen-bond acceptors (Lipinski definition) is 1. The second-order valence-corrected chi connectivity index (χ2v) is 6.03. The Kier molecular flexibility index (Phi) is 4.82. The van der Waals surface area contributed by atoms with Gasteiger partial charge in [0.05, 0.1) is 0 Å². The lowest BCUT2D eigenvalue weighted by atomic mass is 9.97. The van der Waals surface area contributed by atoms with Gasteiger partial charge < -0.3 is 5.32 Å². The van der Waals surface area contributed by atoms with Gasteiger partial charge in [-0.05, 0) is 57.1 Å². The number of rotatable bonds is 5. The average molecular weight is 245 g/mol. The molecule has 2 rings (SSSR count). The van der Waals surface area contributed by atoms with Crippen LogP contribution in [0.15, 0.2) is 24.3 Å². The molecule has 0 bridgehead atoms. The minimum absolute atomic E-state index is 0.571. The molecule has 0 radical (unpaired) electrons. The van der Waals surface area contributed by atoms with E-state index in [4.69, 9.17) is 0 Å². The van der Waals surface area contributed by atoms with E-state index in [2.05, 4.69) is 50.4 Å². The smallest absolute Gasteiger partial charge is 0.00818 e. The predicted molar refractivity (Wildman–Crippen MR) is 78.9 cm³/mol. The second kappa shape index (κ2) is 6.38. The van der Waals surface area contributed by atoms with Crippen molar-refractivity contribution in [1.29, 1.82) is 0 Å². The molecule has 2 atom stereocenters. The first-order chi connectivity index (χ1) is 8.66. The zero-order chi connectivity index (χ0) is 13.0. The van der Waals surface area contributed by atoms with Crippen LogP contribution in [0.1, 0.15) is 50.7 Å². The maximum absolute atomic E-state index is 3.80. The Hall–Kier alpha value is -0.820. The van der Waals surface area contributed by atoms with E-state index in [-0.39, 0.29) is 0 Å². The maximum Gasteiger partial charge on any atom is 0.00818 e. The van der Waals surface area contributed by atoms with Crippen molar-refractivity contribution in [3.63, 3.8) is 0 Å². The molecule has 1 fully saturated rings. The van der Waals surface area contributed by atoms with Crippen molar-refractivity contribution in [3.05, 3.63) is 35.4 Å². The summed E-state index contributed by atoms with van der Waals surface area (Å²) >= 11 is 0. The molecule has 1 nitrogen and oxygen atoms in total. The summed E-state index contributed by atoms with van der Waals surface area (Å²) in [5, 5.41) is 3.80. The van der Waals surface area contributed by atoms with Crippen LogP contribution in [-0.2, 0) is 6.42 Å². The van der Waals surface area contributed by atoms with Crippen LogP contribution in [0.3, 0.4) is 0 Å². The molecule has 100 valence electrons. The number of hydrogen-bond donors (Lipinski definition) is 1.